The molecule has 1 aliphatic heterocycles. The average molecular weight is 204 g/mol. The molecule has 1 aliphatic rings. The van der Waals surface area contributed by atoms with Crippen LogP contribution in [-0.4, -0.2) is 28.7 Å². The van der Waals surface area contributed by atoms with Crippen LogP contribution >= 0.6 is 11.8 Å². The SMILES string of the molecule is CSC1(C)C(=O)OC(C)(C)OC1=O. The molecule has 0 atom stereocenters. The minimum Gasteiger partial charge on any atom is -0.422 e. The molecule has 5 heteroatoms. The molecule has 0 aromatic heterocycles. The third kappa shape index (κ3) is 1.65. The van der Waals surface area contributed by atoms with Crippen LogP contribution in [0.4, 0.5) is 0 Å². The minimum absolute atomic E-state index is 0.541. The van der Waals surface area contributed by atoms with Crippen molar-refractivity contribution in [2.75, 3.05) is 6.26 Å². The fraction of sp³-hybridized carbons (Fsp3) is 0.750. The van der Waals surface area contributed by atoms with Crippen molar-refractivity contribution in [3.63, 3.8) is 0 Å². The molecular weight excluding hydrogens is 192 g/mol. The van der Waals surface area contributed by atoms with Gasteiger partial charge in [0, 0.05) is 13.8 Å². The maximum atomic E-state index is 11.4. The Labute approximate surface area is 81.0 Å². The predicted molar refractivity (Wildman–Crippen MR) is 48.2 cm³/mol. The van der Waals surface area contributed by atoms with Crippen LogP contribution in [0.25, 0.3) is 0 Å². The fourth-order valence-corrected chi connectivity index (χ4v) is 1.33. The molecule has 74 valence electrons. The van der Waals surface area contributed by atoms with Gasteiger partial charge in [-0.25, -0.2) is 9.59 Å². The van der Waals surface area contributed by atoms with E-state index >= 15 is 0 Å². The molecule has 0 N–H and O–H groups in total. The van der Waals surface area contributed by atoms with E-state index in [4.69, 9.17) is 9.47 Å². The molecule has 0 unspecified atom stereocenters. The van der Waals surface area contributed by atoms with Gasteiger partial charge in [0.25, 0.3) is 5.79 Å². The van der Waals surface area contributed by atoms with Crippen molar-refractivity contribution < 1.29 is 19.1 Å². The van der Waals surface area contributed by atoms with Crippen LogP contribution in [0.5, 0.6) is 0 Å². The maximum absolute atomic E-state index is 11.4. The van der Waals surface area contributed by atoms with Gasteiger partial charge in [0.05, 0.1) is 0 Å². The van der Waals surface area contributed by atoms with Crippen molar-refractivity contribution in [2.45, 2.75) is 31.3 Å². The molecule has 0 aliphatic carbocycles. The van der Waals surface area contributed by atoms with Gasteiger partial charge in [0.15, 0.2) is 0 Å². The summed E-state index contributed by atoms with van der Waals surface area (Å²) in [6.07, 6.45) is 1.67. The van der Waals surface area contributed by atoms with Crippen LogP contribution in [0.1, 0.15) is 20.8 Å². The van der Waals surface area contributed by atoms with Crippen molar-refractivity contribution in [2.24, 2.45) is 0 Å². The highest BCUT2D eigenvalue weighted by atomic mass is 32.2. The Hall–Kier alpha value is -0.710. The number of hydrogen-bond donors (Lipinski definition) is 0. The second kappa shape index (κ2) is 2.90. The zero-order chi connectivity index (χ0) is 10.3. The van der Waals surface area contributed by atoms with Crippen LogP contribution in [-0.2, 0) is 19.1 Å². The molecule has 4 nitrogen and oxygen atoms in total. The van der Waals surface area contributed by atoms with E-state index in [0.717, 1.165) is 11.8 Å². The zero-order valence-corrected chi connectivity index (χ0v) is 8.86. The predicted octanol–water partition coefficient (Wildman–Crippen LogP) is 0.944. The number of carbonyl (C=O) groups excluding carboxylic acids is 2. The monoisotopic (exact) mass is 204 g/mol. The number of ether oxygens (including phenoxy) is 2. The van der Waals surface area contributed by atoms with E-state index in [1.165, 1.54) is 20.8 Å². The number of carbonyl (C=O) groups is 2. The molecule has 0 saturated carbocycles. The molecule has 1 saturated heterocycles. The van der Waals surface area contributed by atoms with Crippen LogP contribution in [0.15, 0.2) is 0 Å². The van der Waals surface area contributed by atoms with Gasteiger partial charge in [-0.1, -0.05) is 0 Å². The summed E-state index contributed by atoms with van der Waals surface area (Å²) in [4.78, 5) is 22.9. The number of hydrogen-bond acceptors (Lipinski definition) is 5. The van der Waals surface area contributed by atoms with E-state index in [2.05, 4.69) is 0 Å². The first-order chi connectivity index (χ1) is 5.82. The third-order valence-corrected chi connectivity index (χ3v) is 3.01. The number of cyclic esters (lactones) is 2. The van der Waals surface area contributed by atoms with E-state index in [0.29, 0.717) is 0 Å². The summed E-state index contributed by atoms with van der Waals surface area (Å²) in [6, 6.07) is 0. The number of esters is 2. The van der Waals surface area contributed by atoms with Crippen molar-refractivity contribution in [3.05, 3.63) is 0 Å². The number of rotatable bonds is 1. The summed E-state index contributed by atoms with van der Waals surface area (Å²) in [5, 5.41) is 0. The average Bonchev–Trinajstić information content (AvgIpc) is 1.98. The summed E-state index contributed by atoms with van der Waals surface area (Å²) in [7, 11) is 0. The van der Waals surface area contributed by atoms with Gasteiger partial charge >= 0.3 is 11.9 Å². The second-order valence-corrected chi connectivity index (χ2v) is 4.64. The van der Waals surface area contributed by atoms with Crippen LogP contribution < -0.4 is 0 Å². The summed E-state index contributed by atoms with van der Waals surface area (Å²) < 4.78 is 8.68. The lowest BCUT2D eigenvalue weighted by Crippen LogP contribution is -2.54. The van der Waals surface area contributed by atoms with E-state index in [1.54, 1.807) is 6.26 Å². The van der Waals surface area contributed by atoms with Crippen LogP contribution in [0.2, 0.25) is 0 Å². The van der Waals surface area contributed by atoms with Gasteiger partial charge in [-0.3, -0.25) is 0 Å². The summed E-state index contributed by atoms with van der Waals surface area (Å²) in [5.41, 5.74) is 0. The lowest BCUT2D eigenvalue weighted by atomic mass is 10.1. The number of thioether (sulfide) groups is 1. The Balaban J connectivity index is 2.96. The molecule has 0 amide bonds. The van der Waals surface area contributed by atoms with Gasteiger partial charge in [-0.05, 0) is 13.2 Å². The van der Waals surface area contributed by atoms with Gasteiger partial charge < -0.3 is 9.47 Å². The molecule has 0 bridgehead atoms. The second-order valence-electron chi connectivity index (χ2n) is 3.42. The summed E-state index contributed by atoms with van der Waals surface area (Å²) in [5.74, 6) is -2.22. The molecule has 0 aromatic carbocycles. The highest BCUT2D eigenvalue weighted by Gasteiger charge is 2.52. The highest BCUT2D eigenvalue weighted by molar-refractivity contribution is 8.01. The molecule has 0 spiro atoms. The highest BCUT2D eigenvalue weighted by Crippen LogP contribution is 2.34. The molecule has 1 fully saturated rings. The Morgan fingerprint density at radius 1 is 1.08 bits per heavy atom. The van der Waals surface area contributed by atoms with Crippen molar-refractivity contribution in [3.8, 4) is 0 Å². The molecular formula is C8H12O4S. The first kappa shape index (κ1) is 10.4. The molecule has 13 heavy (non-hydrogen) atoms. The summed E-state index contributed by atoms with van der Waals surface area (Å²) >= 11 is 1.12. The first-order valence-corrected chi connectivity index (χ1v) is 5.06. The van der Waals surface area contributed by atoms with E-state index in [1.807, 2.05) is 0 Å². The third-order valence-electron chi connectivity index (χ3n) is 1.86. The molecule has 1 rings (SSSR count). The molecule has 0 radical (unpaired) electrons. The van der Waals surface area contributed by atoms with Gasteiger partial charge in [0.1, 0.15) is 0 Å². The van der Waals surface area contributed by atoms with E-state index in [9.17, 15) is 9.59 Å². The summed E-state index contributed by atoms with van der Waals surface area (Å²) in [6.45, 7) is 4.56. The Kier molecular flexibility index (Phi) is 2.32. The van der Waals surface area contributed by atoms with Crippen LogP contribution in [0.3, 0.4) is 0 Å². The van der Waals surface area contributed by atoms with E-state index in [-0.39, 0.29) is 0 Å². The van der Waals surface area contributed by atoms with Gasteiger partial charge in [0.2, 0.25) is 4.75 Å². The van der Waals surface area contributed by atoms with Crippen LogP contribution in [0, 0.1) is 0 Å². The van der Waals surface area contributed by atoms with Crippen molar-refractivity contribution >= 4 is 23.7 Å². The van der Waals surface area contributed by atoms with Gasteiger partial charge in [-0.15, -0.1) is 11.8 Å². The minimum atomic E-state index is -1.21. The Bertz CT molecular complexity index is 239. The van der Waals surface area contributed by atoms with Gasteiger partial charge in [-0.2, -0.15) is 0 Å². The standard InChI is InChI=1S/C8H12O4S/c1-7(2)11-5(9)8(3,13-4)6(10)12-7/h1-4H3. The zero-order valence-electron chi connectivity index (χ0n) is 8.04. The molecule has 1 heterocycles. The quantitative estimate of drug-likeness (QED) is 0.470. The topological polar surface area (TPSA) is 52.6 Å². The largest absolute Gasteiger partial charge is 0.422 e. The van der Waals surface area contributed by atoms with Crippen molar-refractivity contribution in [1.82, 2.24) is 0 Å². The Morgan fingerprint density at radius 3 is 1.77 bits per heavy atom. The fourth-order valence-electron chi connectivity index (χ4n) is 0.912. The lowest BCUT2D eigenvalue weighted by molar-refractivity contribution is -0.235. The maximum Gasteiger partial charge on any atom is 0.336 e. The first-order valence-electron chi connectivity index (χ1n) is 3.84. The van der Waals surface area contributed by atoms with Crippen molar-refractivity contribution in [1.29, 1.82) is 0 Å². The lowest BCUT2D eigenvalue weighted by Gasteiger charge is -2.37. The Morgan fingerprint density at radius 2 is 1.46 bits per heavy atom. The molecule has 0 aromatic rings. The van der Waals surface area contributed by atoms with E-state index < -0.39 is 22.5 Å². The smallest absolute Gasteiger partial charge is 0.336 e. The normalized spacial score (nSPS) is 24.9.